The SMILES string of the molecule is CC1Oc2ccc(NC(=O)CCS(=O)(=O)c3ccccc3)cc2N(C)C1=O. The summed E-state index contributed by atoms with van der Waals surface area (Å²) in [6.45, 7) is 1.67. The van der Waals surface area contributed by atoms with Crippen molar-refractivity contribution in [1.29, 1.82) is 0 Å². The third kappa shape index (κ3) is 4.11. The summed E-state index contributed by atoms with van der Waals surface area (Å²) in [6.07, 6.45) is -0.734. The van der Waals surface area contributed by atoms with Crippen LogP contribution < -0.4 is 15.0 Å². The van der Waals surface area contributed by atoms with Gasteiger partial charge in [0.05, 0.1) is 16.3 Å². The highest BCUT2D eigenvalue weighted by Crippen LogP contribution is 2.35. The van der Waals surface area contributed by atoms with Crippen LogP contribution in [0.25, 0.3) is 0 Å². The van der Waals surface area contributed by atoms with Crippen molar-refractivity contribution in [2.45, 2.75) is 24.3 Å². The average Bonchev–Trinajstić information content (AvgIpc) is 2.66. The van der Waals surface area contributed by atoms with E-state index in [0.717, 1.165) is 0 Å². The van der Waals surface area contributed by atoms with E-state index in [1.54, 1.807) is 50.4 Å². The summed E-state index contributed by atoms with van der Waals surface area (Å²) in [5.41, 5.74) is 1.02. The van der Waals surface area contributed by atoms with Crippen molar-refractivity contribution in [1.82, 2.24) is 0 Å². The molecule has 1 aliphatic heterocycles. The molecular formula is C19H20N2O5S. The molecule has 8 heteroatoms. The van der Waals surface area contributed by atoms with Gasteiger partial charge in [0.15, 0.2) is 15.9 Å². The first-order valence-electron chi connectivity index (χ1n) is 8.44. The van der Waals surface area contributed by atoms with Crippen molar-refractivity contribution in [3.05, 3.63) is 48.5 Å². The zero-order valence-electron chi connectivity index (χ0n) is 15.0. The van der Waals surface area contributed by atoms with E-state index in [1.165, 1.54) is 17.0 Å². The highest BCUT2D eigenvalue weighted by molar-refractivity contribution is 7.91. The predicted octanol–water partition coefficient (Wildman–Crippen LogP) is 2.23. The largest absolute Gasteiger partial charge is 0.479 e. The fraction of sp³-hybridized carbons (Fsp3) is 0.263. The normalized spacial score (nSPS) is 16.4. The van der Waals surface area contributed by atoms with E-state index in [1.807, 2.05) is 0 Å². The fourth-order valence-corrected chi connectivity index (χ4v) is 4.05. The van der Waals surface area contributed by atoms with E-state index in [4.69, 9.17) is 4.74 Å². The van der Waals surface area contributed by atoms with Gasteiger partial charge in [-0.25, -0.2) is 8.42 Å². The van der Waals surface area contributed by atoms with Crippen molar-refractivity contribution in [2.24, 2.45) is 0 Å². The topological polar surface area (TPSA) is 92.8 Å². The van der Waals surface area contributed by atoms with E-state index in [0.29, 0.717) is 17.1 Å². The summed E-state index contributed by atoms with van der Waals surface area (Å²) in [5.74, 6) is -0.338. The first-order valence-corrected chi connectivity index (χ1v) is 10.1. The maximum Gasteiger partial charge on any atom is 0.267 e. The number of nitrogens with one attached hydrogen (secondary N) is 1. The number of carbonyl (C=O) groups excluding carboxylic acids is 2. The number of benzene rings is 2. The molecule has 2 aromatic rings. The number of sulfone groups is 1. The minimum Gasteiger partial charge on any atom is -0.479 e. The van der Waals surface area contributed by atoms with Crippen LogP contribution in [0.4, 0.5) is 11.4 Å². The Hall–Kier alpha value is -2.87. The summed E-state index contributed by atoms with van der Waals surface area (Å²) in [6, 6.07) is 13.0. The van der Waals surface area contributed by atoms with Crippen LogP contribution >= 0.6 is 0 Å². The number of hydrogen-bond donors (Lipinski definition) is 1. The Morgan fingerprint density at radius 1 is 1.19 bits per heavy atom. The van der Waals surface area contributed by atoms with E-state index in [2.05, 4.69) is 5.32 Å². The lowest BCUT2D eigenvalue weighted by Gasteiger charge is -2.30. The number of carbonyl (C=O) groups is 2. The Morgan fingerprint density at radius 2 is 1.89 bits per heavy atom. The Morgan fingerprint density at radius 3 is 2.59 bits per heavy atom. The third-order valence-electron chi connectivity index (χ3n) is 4.29. The number of hydrogen-bond acceptors (Lipinski definition) is 5. The summed E-state index contributed by atoms with van der Waals surface area (Å²) in [4.78, 5) is 25.8. The van der Waals surface area contributed by atoms with Gasteiger partial charge in [-0.3, -0.25) is 9.59 Å². The van der Waals surface area contributed by atoms with Crippen LogP contribution in [0.5, 0.6) is 5.75 Å². The molecule has 0 fully saturated rings. The van der Waals surface area contributed by atoms with E-state index in [9.17, 15) is 18.0 Å². The van der Waals surface area contributed by atoms with Crippen LogP contribution in [-0.4, -0.2) is 39.1 Å². The molecule has 0 bridgehead atoms. The van der Waals surface area contributed by atoms with Gasteiger partial charge in [0.2, 0.25) is 5.91 Å². The number of likely N-dealkylation sites (N-methyl/N-ethyl adjacent to an activating group) is 1. The first-order chi connectivity index (χ1) is 12.8. The van der Waals surface area contributed by atoms with E-state index >= 15 is 0 Å². The van der Waals surface area contributed by atoms with Crippen LogP contribution in [0.3, 0.4) is 0 Å². The lowest BCUT2D eigenvalue weighted by atomic mass is 10.2. The molecule has 0 radical (unpaired) electrons. The standard InChI is InChI=1S/C19H20N2O5S/c1-13-19(23)21(2)16-12-14(8-9-17(16)26-13)20-18(22)10-11-27(24,25)15-6-4-3-5-7-15/h3-9,12-13H,10-11H2,1-2H3,(H,20,22). The number of nitrogens with zero attached hydrogens (tertiary/aromatic N) is 1. The molecule has 2 aromatic carbocycles. The third-order valence-corrected chi connectivity index (χ3v) is 6.02. The highest BCUT2D eigenvalue weighted by atomic mass is 32.2. The minimum atomic E-state index is -3.52. The predicted molar refractivity (Wildman–Crippen MR) is 102 cm³/mol. The first kappa shape index (κ1) is 18.9. The number of rotatable bonds is 5. The number of anilines is 2. The van der Waals surface area contributed by atoms with Crippen LogP contribution in [-0.2, 0) is 19.4 Å². The summed E-state index contributed by atoms with van der Waals surface area (Å²) < 4.78 is 30.0. The Bertz CT molecular complexity index is 973. The zero-order valence-corrected chi connectivity index (χ0v) is 15.8. The number of amides is 2. The molecule has 0 aliphatic carbocycles. The number of ether oxygens (including phenoxy) is 1. The van der Waals surface area contributed by atoms with Gasteiger partial charge in [-0.2, -0.15) is 0 Å². The van der Waals surface area contributed by atoms with Gasteiger partial charge < -0.3 is 15.0 Å². The summed E-state index contributed by atoms with van der Waals surface area (Å²) in [5, 5.41) is 2.67. The van der Waals surface area contributed by atoms with Crippen LogP contribution in [0, 0.1) is 0 Å². The molecule has 2 amide bonds. The molecule has 0 aromatic heterocycles. The van der Waals surface area contributed by atoms with Crippen LogP contribution in [0.15, 0.2) is 53.4 Å². The van der Waals surface area contributed by atoms with Gasteiger partial charge in [-0.05, 0) is 37.3 Å². The van der Waals surface area contributed by atoms with Gasteiger partial charge >= 0.3 is 0 Å². The Balaban J connectivity index is 1.66. The maximum atomic E-state index is 12.2. The average molecular weight is 388 g/mol. The lowest BCUT2D eigenvalue weighted by molar-refractivity contribution is -0.125. The molecule has 1 atom stereocenters. The van der Waals surface area contributed by atoms with E-state index in [-0.39, 0.29) is 23.0 Å². The molecule has 1 aliphatic rings. The molecule has 0 spiro atoms. The fourth-order valence-electron chi connectivity index (χ4n) is 2.79. The molecule has 1 heterocycles. The van der Waals surface area contributed by atoms with Crippen molar-refractivity contribution < 1.29 is 22.7 Å². The second-order valence-corrected chi connectivity index (χ2v) is 8.38. The van der Waals surface area contributed by atoms with E-state index < -0.39 is 21.8 Å². The molecule has 142 valence electrons. The van der Waals surface area contributed by atoms with Crippen molar-refractivity contribution in [3.8, 4) is 5.75 Å². The second kappa shape index (κ2) is 7.40. The van der Waals surface area contributed by atoms with Crippen molar-refractivity contribution in [2.75, 3.05) is 23.0 Å². The minimum absolute atomic E-state index is 0.170. The number of fused-ring (bicyclic) bond motifs is 1. The highest BCUT2D eigenvalue weighted by Gasteiger charge is 2.29. The van der Waals surface area contributed by atoms with Gasteiger partial charge in [-0.1, -0.05) is 18.2 Å². The molecule has 3 rings (SSSR count). The monoisotopic (exact) mass is 388 g/mol. The Labute approximate surface area is 157 Å². The molecule has 27 heavy (non-hydrogen) atoms. The summed E-state index contributed by atoms with van der Waals surface area (Å²) >= 11 is 0. The molecule has 7 nitrogen and oxygen atoms in total. The smallest absolute Gasteiger partial charge is 0.267 e. The molecule has 1 N–H and O–H groups in total. The van der Waals surface area contributed by atoms with Crippen LogP contribution in [0.2, 0.25) is 0 Å². The van der Waals surface area contributed by atoms with Crippen LogP contribution in [0.1, 0.15) is 13.3 Å². The van der Waals surface area contributed by atoms with Crippen molar-refractivity contribution in [3.63, 3.8) is 0 Å². The maximum absolute atomic E-state index is 12.2. The van der Waals surface area contributed by atoms with Crippen molar-refractivity contribution >= 4 is 33.0 Å². The van der Waals surface area contributed by atoms with Gasteiger partial charge in [0, 0.05) is 19.2 Å². The molecule has 0 saturated heterocycles. The lowest BCUT2D eigenvalue weighted by Crippen LogP contribution is -2.41. The van der Waals surface area contributed by atoms with Gasteiger partial charge in [-0.15, -0.1) is 0 Å². The molecule has 0 saturated carbocycles. The second-order valence-electron chi connectivity index (χ2n) is 6.27. The molecule has 1 unspecified atom stereocenters. The summed E-state index contributed by atoms with van der Waals surface area (Å²) in [7, 11) is -1.88. The quantitative estimate of drug-likeness (QED) is 0.848. The molecular weight excluding hydrogens is 368 g/mol. The van der Waals surface area contributed by atoms with Gasteiger partial charge in [0.25, 0.3) is 5.91 Å². The zero-order chi connectivity index (χ0) is 19.6. The van der Waals surface area contributed by atoms with Gasteiger partial charge in [0.1, 0.15) is 5.75 Å². The Kier molecular flexibility index (Phi) is 5.18.